The van der Waals surface area contributed by atoms with Gasteiger partial charge in [-0.3, -0.25) is 4.79 Å². The van der Waals surface area contributed by atoms with Crippen LogP contribution in [0.25, 0.3) is 0 Å². The predicted octanol–water partition coefficient (Wildman–Crippen LogP) is 4.13. The minimum absolute atomic E-state index is 0.0762. The molecule has 4 aliphatic rings. The summed E-state index contributed by atoms with van der Waals surface area (Å²) >= 11 is 0. The molecule has 1 aromatic heterocycles. The van der Waals surface area contributed by atoms with Crippen molar-refractivity contribution in [1.82, 2.24) is 15.0 Å². The minimum Gasteiger partial charge on any atom is -0.390 e. The van der Waals surface area contributed by atoms with Gasteiger partial charge in [0.15, 0.2) is 11.5 Å². The highest BCUT2D eigenvalue weighted by atomic mass is 16.3. The third-order valence-electron chi connectivity index (χ3n) is 10.3. The summed E-state index contributed by atoms with van der Waals surface area (Å²) in [5.41, 5.74) is 0.200. The van der Waals surface area contributed by atoms with Crippen molar-refractivity contribution in [2.45, 2.75) is 90.7 Å². The fraction of sp³-hybridized carbons (Fsp3) is 0.840. The Labute approximate surface area is 185 Å². The van der Waals surface area contributed by atoms with Gasteiger partial charge in [0.2, 0.25) is 0 Å². The third-order valence-corrected chi connectivity index (χ3v) is 10.3. The molecule has 0 aliphatic heterocycles. The molecule has 4 aliphatic carbocycles. The number of aliphatic hydroxyl groups is 1. The molecule has 0 aromatic carbocycles. The maximum absolute atomic E-state index is 13.3. The molecule has 1 aromatic rings. The lowest BCUT2D eigenvalue weighted by molar-refractivity contribution is -0.151. The summed E-state index contributed by atoms with van der Waals surface area (Å²) in [6.45, 7) is 7.09. The number of rotatable bonds is 3. The Bertz CT molecular complexity index is 917. The molecule has 8 atom stereocenters. The summed E-state index contributed by atoms with van der Waals surface area (Å²) in [6.07, 6.45) is 11.4. The Morgan fingerprint density at radius 1 is 1.13 bits per heavy atom. The van der Waals surface area contributed by atoms with Crippen molar-refractivity contribution >= 4 is 5.78 Å². The van der Waals surface area contributed by atoms with Gasteiger partial charge in [0.05, 0.1) is 11.8 Å². The first-order valence-corrected chi connectivity index (χ1v) is 12.2. The van der Waals surface area contributed by atoms with E-state index in [1.807, 2.05) is 13.0 Å². The second kappa shape index (κ2) is 7.13. The van der Waals surface area contributed by atoms with Crippen molar-refractivity contribution in [3.63, 3.8) is 0 Å². The van der Waals surface area contributed by atoms with Crippen molar-refractivity contribution in [3.8, 4) is 6.07 Å². The number of fused-ring (bicyclic) bond motifs is 5. The third kappa shape index (κ3) is 3.26. The van der Waals surface area contributed by atoms with Crippen LogP contribution in [-0.4, -0.2) is 31.5 Å². The van der Waals surface area contributed by atoms with Gasteiger partial charge >= 0.3 is 0 Å². The zero-order chi connectivity index (χ0) is 22.0. The molecule has 4 saturated carbocycles. The fourth-order valence-corrected chi connectivity index (χ4v) is 8.63. The number of nitrogens with zero attached hydrogens (tertiary/aromatic N) is 4. The molecule has 4 fully saturated rings. The van der Waals surface area contributed by atoms with Gasteiger partial charge in [-0.1, -0.05) is 13.8 Å². The van der Waals surface area contributed by atoms with E-state index in [0.717, 1.165) is 44.4 Å². The molecule has 0 saturated heterocycles. The van der Waals surface area contributed by atoms with Crippen LogP contribution in [0.5, 0.6) is 0 Å². The van der Waals surface area contributed by atoms with Crippen molar-refractivity contribution in [1.29, 1.82) is 5.26 Å². The van der Waals surface area contributed by atoms with Crippen molar-refractivity contribution < 1.29 is 9.90 Å². The Kier molecular flexibility index (Phi) is 4.86. The second-order valence-corrected chi connectivity index (χ2v) is 11.9. The summed E-state index contributed by atoms with van der Waals surface area (Å²) < 4.78 is 0. The Morgan fingerprint density at radius 3 is 2.65 bits per heavy atom. The molecule has 0 spiro atoms. The minimum atomic E-state index is -0.489. The molecule has 0 amide bonds. The first-order chi connectivity index (χ1) is 14.7. The van der Waals surface area contributed by atoms with Crippen LogP contribution < -0.4 is 0 Å². The molecule has 1 heterocycles. The fourth-order valence-electron chi connectivity index (χ4n) is 8.63. The number of hydrogen-bond donors (Lipinski definition) is 1. The number of nitriles is 1. The highest BCUT2D eigenvalue weighted by Gasteiger charge is 2.61. The first kappa shape index (κ1) is 21.1. The van der Waals surface area contributed by atoms with Gasteiger partial charge < -0.3 is 5.11 Å². The average molecular weight is 425 g/mol. The topological polar surface area (TPSA) is 91.8 Å². The van der Waals surface area contributed by atoms with Crippen LogP contribution in [-0.2, 0) is 11.3 Å². The summed E-state index contributed by atoms with van der Waals surface area (Å²) in [4.78, 5) is 14.7. The molecule has 168 valence electrons. The average Bonchev–Trinajstić information content (AvgIpc) is 3.31. The van der Waals surface area contributed by atoms with Gasteiger partial charge in [-0.15, -0.1) is 5.10 Å². The predicted molar refractivity (Wildman–Crippen MR) is 116 cm³/mol. The maximum Gasteiger partial charge on any atom is 0.182 e. The molecule has 6 heteroatoms. The lowest BCUT2D eigenvalue weighted by Gasteiger charge is -2.61. The zero-order valence-electron chi connectivity index (χ0n) is 19.2. The molecule has 6 nitrogen and oxygen atoms in total. The Balaban J connectivity index is 1.34. The van der Waals surface area contributed by atoms with Crippen molar-refractivity contribution in [2.75, 3.05) is 0 Å². The zero-order valence-corrected chi connectivity index (χ0v) is 19.2. The van der Waals surface area contributed by atoms with Crippen molar-refractivity contribution in [2.24, 2.45) is 40.4 Å². The van der Waals surface area contributed by atoms with Crippen LogP contribution in [0.2, 0.25) is 0 Å². The number of ketones is 1. The van der Waals surface area contributed by atoms with Crippen LogP contribution in [0.1, 0.15) is 84.3 Å². The Hall–Kier alpha value is -1.74. The molecule has 0 bridgehead atoms. The van der Waals surface area contributed by atoms with E-state index >= 15 is 0 Å². The maximum atomic E-state index is 13.3. The molecule has 2 unspecified atom stereocenters. The van der Waals surface area contributed by atoms with Crippen LogP contribution in [0.15, 0.2) is 6.20 Å². The van der Waals surface area contributed by atoms with Crippen LogP contribution >= 0.6 is 0 Å². The highest BCUT2D eigenvalue weighted by Crippen LogP contribution is 2.68. The van der Waals surface area contributed by atoms with Gasteiger partial charge in [0.25, 0.3) is 0 Å². The highest BCUT2D eigenvalue weighted by molar-refractivity contribution is 5.82. The quantitative estimate of drug-likeness (QED) is 0.788. The molecule has 1 N–H and O–H groups in total. The summed E-state index contributed by atoms with van der Waals surface area (Å²) in [7, 11) is 0. The summed E-state index contributed by atoms with van der Waals surface area (Å²) in [5.74, 6) is 3.03. The van der Waals surface area contributed by atoms with Crippen LogP contribution in [0.3, 0.4) is 0 Å². The van der Waals surface area contributed by atoms with E-state index in [2.05, 4.69) is 24.0 Å². The van der Waals surface area contributed by atoms with Gasteiger partial charge in [-0.25, -0.2) is 0 Å². The van der Waals surface area contributed by atoms with E-state index in [0.29, 0.717) is 23.2 Å². The van der Waals surface area contributed by atoms with Gasteiger partial charge in [0.1, 0.15) is 12.6 Å². The lowest BCUT2D eigenvalue weighted by Crippen LogP contribution is -2.55. The van der Waals surface area contributed by atoms with Gasteiger partial charge in [0, 0.05) is 5.92 Å². The van der Waals surface area contributed by atoms with E-state index in [9.17, 15) is 9.90 Å². The van der Waals surface area contributed by atoms with Gasteiger partial charge in [-0.2, -0.15) is 15.2 Å². The normalized spacial score (nSPS) is 46.5. The number of carbonyl (C=O) groups excluding carboxylic acids is 1. The molecule has 0 radical (unpaired) electrons. The molecular weight excluding hydrogens is 388 g/mol. The SMILES string of the molecule is C[C@@]1(O)CC[C@@]2(C)[C@H](CCC3[C@@H]2CC[C@]2(C)C(C(=O)Cn4ncc(C#N)n4)CC[C@@H]32)C1. The summed E-state index contributed by atoms with van der Waals surface area (Å²) in [5, 5.41) is 27.9. The number of hydrogen-bond acceptors (Lipinski definition) is 5. The van der Waals surface area contributed by atoms with E-state index < -0.39 is 5.60 Å². The number of carbonyl (C=O) groups is 1. The standard InChI is InChI=1S/C25H36N4O2/c1-23(31)10-11-24(2)16(12-23)4-5-18-19-6-7-21(25(19,3)9-8-20(18)24)22(30)15-29-27-14-17(13-26)28-29/h14,16,18-21,31H,4-12,15H2,1-3H3/t16-,18?,19+,20+,21?,23-,24+,25+/m1/s1. The molecule has 5 rings (SSSR count). The van der Waals surface area contributed by atoms with Crippen LogP contribution in [0.4, 0.5) is 0 Å². The number of aromatic nitrogens is 3. The van der Waals surface area contributed by atoms with E-state index in [1.54, 1.807) is 0 Å². The smallest absolute Gasteiger partial charge is 0.182 e. The number of Topliss-reactive ketones (excluding diaryl/α,β-unsaturated/α-hetero) is 1. The van der Waals surface area contributed by atoms with E-state index in [1.165, 1.54) is 30.3 Å². The Morgan fingerprint density at radius 2 is 1.90 bits per heavy atom. The molecule has 31 heavy (non-hydrogen) atoms. The van der Waals surface area contributed by atoms with E-state index in [4.69, 9.17) is 5.26 Å². The largest absolute Gasteiger partial charge is 0.390 e. The summed E-state index contributed by atoms with van der Waals surface area (Å²) in [6, 6.07) is 1.98. The lowest BCUT2D eigenvalue weighted by atomic mass is 9.44. The van der Waals surface area contributed by atoms with Crippen molar-refractivity contribution in [3.05, 3.63) is 11.9 Å². The monoisotopic (exact) mass is 424 g/mol. The van der Waals surface area contributed by atoms with Gasteiger partial charge in [-0.05, 0) is 99.2 Å². The first-order valence-electron chi connectivity index (χ1n) is 12.2. The van der Waals surface area contributed by atoms with E-state index in [-0.39, 0.29) is 29.4 Å². The molecular formula is C25H36N4O2. The van der Waals surface area contributed by atoms with Crippen LogP contribution in [0, 0.1) is 51.8 Å². The second-order valence-electron chi connectivity index (χ2n) is 11.9.